The molecule has 9 nitrogen and oxygen atoms in total. The van der Waals surface area contributed by atoms with E-state index in [1.807, 2.05) is 48.5 Å². The van der Waals surface area contributed by atoms with E-state index in [9.17, 15) is 9.59 Å². The largest absolute Gasteiger partial charge is 0.489 e. The van der Waals surface area contributed by atoms with Crippen LogP contribution in [0.15, 0.2) is 72.3 Å². The maximum atomic E-state index is 13.5. The Bertz CT molecular complexity index is 1450. The highest BCUT2D eigenvalue weighted by atomic mass is 16.8. The molecular formula is C39H53N3O6. The average molecular weight is 660 g/mol. The summed E-state index contributed by atoms with van der Waals surface area (Å²) in [5.41, 5.74) is 4.77. The lowest BCUT2D eigenvalue weighted by Crippen LogP contribution is -2.45. The van der Waals surface area contributed by atoms with Crippen molar-refractivity contribution in [1.82, 2.24) is 15.3 Å². The van der Waals surface area contributed by atoms with Crippen molar-refractivity contribution in [2.45, 2.75) is 85.1 Å². The first-order chi connectivity index (χ1) is 23.2. The zero-order chi connectivity index (χ0) is 34.3. The van der Waals surface area contributed by atoms with E-state index in [2.05, 4.69) is 57.1 Å². The molecule has 1 aliphatic rings. The van der Waals surface area contributed by atoms with Gasteiger partial charge in [0.1, 0.15) is 12.4 Å². The molecule has 2 amide bonds. The van der Waals surface area contributed by atoms with E-state index >= 15 is 0 Å². The predicted octanol–water partition coefficient (Wildman–Crippen LogP) is 7.85. The Hall–Kier alpha value is -3.92. The smallest absolute Gasteiger partial charge is 0.410 e. The lowest BCUT2D eigenvalue weighted by Gasteiger charge is -2.33. The Morgan fingerprint density at radius 2 is 1.71 bits per heavy atom. The van der Waals surface area contributed by atoms with Gasteiger partial charge in [0.05, 0.1) is 6.61 Å². The van der Waals surface area contributed by atoms with Crippen LogP contribution in [0, 0.1) is 0 Å². The number of carbonyl (C=O) groups excluding carboxylic acids is 2. The number of ether oxygens (including phenoxy) is 3. The highest BCUT2D eigenvalue weighted by Gasteiger charge is 2.21. The van der Waals surface area contributed by atoms with Crippen molar-refractivity contribution in [2.24, 2.45) is 0 Å². The second kappa shape index (κ2) is 19.2. The molecule has 0 aromatic heterocycles. The van der Waals surface area contributed by atoms with Crippen LogP contribution >= 0.6 is 0 Å². The van der Waals surface area contributed by atoms with Crippen molar-refractivity contribution in [1.29, 1.82) is 0 Å². The summed E-state index contributed by atoms with van der Waals surface area (Å²) in [6, 6.07) is 22.1. The molecule has 4 rings (SSSR count). The van der Waals surface area contributed by atoms with Gasteiger partial charge in [-0.3, -0.25) is 9.69 Å². The van der Waals surface area contributed by atoms with Crippen LogP contribution in [0.1, 0.15) is 82.6 Å². The molecule has 1 fully saturated rings. The van der Waals surface area contributed by atoms with Gasteiger partial charge in [0.2, 0.25) is 0 Å². The van der Waals surface area contributed by atoms with Crippen molar-refractivity contribution < 1.29 is 28.6 Å². The van der Waals surface area contributed by atoms with Gasteiger partial charge in [-0.1, -0.05) is 68.0 Å². The number of fused-ring (bicyclic) bond motifs is 1. The number of amides is 2. The van der Waals surface area contributed by atoms with Crippen LogP contribution < -0.4 is 10.2 Å². The SMILES string of the molecule is CCCCOC(=O)N(CCN(C(C)C)C(C)C)C/C(=C/c1ccc(C(=O)NOC2CCCCO2)cc1)COc1cccc2ccccc12. The van der Waals surface area contributed by atoms with Crippen LogP contribution in [0.4, 0.5) is 4.79 Å². The van der Waals surface area contributed by atoms with E-state index in [4.69, 9.17) is 19.0 Å². The van der Waals surface area contributed by atoms with Gasteiger partial charge >= 0.3 is 6.09 Å². The number of carbonyl (C=O) groups is 2. The highest BCUT2D eigenvalue weighted by Crippen LogP contribution is 2.26. The first-order valence-electron chi connectivity index (χ1n) is 17.4. The van der Waals surface area contributed by atoms with Gasteiger partial charge in [-0.2, -0.15) is 0 Å². The molecule has 1 unspecified atom stereocenters. The first kappa shape index (κ1) is 36.9. The number of benzene rings is 3. The number of nitrogens with one attached hydrogen (secondary N) is 1. The van der Waals surface area contributed by atoms with Crippen molar-refractivity contribution in [3.63, 3.8) is 0 Å². The Balaban J connectivity index is 1.55. The quantitative estimate of drug-likeness (QED) is 0.117. The third-order valence-electron chi connectivity index (χ3n) is 8.46. The summed E-state index contributed by atoms with van der Waals surface area (Å²) in [6.45, 7) is 13.6. The lowest BCUT2D eigenvalue weighted by atomic mass is 10.1. The Morgan fingerprint density at radius 1 is 0.958 bits per heavy atom. The van der Waals surface area contributed by atoms with Crippen LogP contribution in [0.5, 0.6) is 5.75 Å². The molecule has 3 aromatic carbocycles. The molecular weight excluding hydrogens is 606 g/mol. The van der Waals surface area contributed by atoms with Crippen molar-refractivity contribution >= 4 is 28.8 Å². The number of rotatable bonds is 17. The zero-order valence-corrected chi connectivity index (χ0v) is 29.3. The highest BCUT2D eigenvalue weighted by molar-refractivity contribution is 5.93. The maximum absolute atomic E-state index is 13.5. The molecule has 0 aliphatic carbocycles. The molecule has 48 heavy (non-hydrogen) atoms. The minimum absolute atomic E-state index is 0.266. The molecule has 3 aromatic rings. The molecule has 260 valence electrons. The molecule has 0 bridgehead atoms. The van der Waals surface area contributed by atoms with E-state index in [1.165, 1.54) is 0 Å². The van der Waals surface area contributed by atoms with Crippen molar-refractivity contribution in [3.8, 4) is 5.75 Å². The summed E-state index contributed by atoms with van der Waals surface area (Å²) in [4.78, 5) is 35.8. The topological polar surface area (TPSA) is 89.6 Å². The van der Waals surface area contributed by atoms with Crippen LogP contribution in [-0.4, -0.2) is 79.6 Å². The van der Waals surface area contributed by atoms with Gasteiger partial charge < -0.3 is 19.1 Å². The van der Waals surface area contributed by atoms with Crippen molar-refractivity contribution in [3.05, 3.63) is 83.4 Å². The van der Waals surface area contributed by atoms with E-state index in [1.54, 1.807) is 17.0 Å². The number of unbranched alkanes of at least 4 members (excludes halogenated alkanes) is 1. The molecule has 0 spiro atoms. The second-order valence-electron chi connectivity index (χ2n) is 12.9. The van der Waals surface area contributed by atoms with E-state index < -0.39 is 6.29 Å². The zero-order valence-electron chi connectivity index (χ0n) is 29.3. The van der Waals surface area contributed by atoms with E-state index in [0.29, 0.717) is 50.5 Å². The van der Waals surface area contributed by atoms with Crippen LogP contribution in [-0.2, 0) is 14.3 Å². The fourth-order valence-electron chi connectivity index (χ4n) is 5.80. The molecule has 0 radical (unpaired) electrons. The fraction of sp³-hybridized carbons (Fsp3) is 0.487. The van der Waals surface area contributed by atoms with Crippen molar-refractivity contribution in [2.75, 3.05) is 39.5 Å². The van der Waals surface area contributed by atoms with Gasteiger partial charge in [-0.05, 0) is 81.7 Å². The third kappa shape index (κ3) is 11.4. The van der Waals surface area contributed by atoms with Crippen LogP contribution in [0.2, 0.25) is 0 Å². The van der Waals surface area contributed by atoms with Crippen LogP contribution in [0.3, 0.4) is 0 Å². The Kier molecular flexibility index (Phi) is 14.7. The fourth-order valence-corrected chi connectivity index (χ4v) is 5.80. The third-order valence-corrected chi connectivity index (χ3v) is 8.46. The molecule has 1 heterocycles. The van der Waals surface area contributed by atoms with Gasteiger partial charge in [-0.25, -0.2) is 15.1 Å². The van der Waals surface area contributed by atoms with Gasteiger partial charge in [0.25, 0.3) is 5.91 Å². The molecule has 1 aliphatic heterocycles. The first-order valence-corrected chi connectivity index (χ1v) is 17.4. The van der Waals surface area contributed by atoms with E-state index in [0.717, 1.165) is 59.8 Å². The summed E-state index contributed by atoms with van der Waals surface area (Å²) in [6.07, 6.45) is 5.80. The lowest BCUT2D eigenvalue weighted by molar-refractivity contribution is -0.186. The molecule has 1 N–H and O–H groups in total. The monoisotopic (exact) mass is 659 g/mol. The predicted molar refractivity (Wildman–Crippen MR) is 191 cm³/mol. The van der Waals surface area contributed by atoms with Gasteiger partial charge in [-0.15, -0.1) is 0 Å². The summed E-state index contributed by atoms with van der Waals surface area (Å²) in [7, 11) is 0. The normalized spacial score (nSPS) is 15.2. The van der Waals surface area contributed by atoms with E-state index in [-0.39, 0.29) is 18.6 Å². The summed E-state index contributed by atoms with van der Waals surface area (Å²) >= 11 is 0. The molecule has 0 saturated carbocycles. The molecule has 1 atom stereocenters. The van der Waals surface area contributed by atoms with Gasteiger partial charge in [0, 0.05) is 55.7 Å². The molecule has 9 heteroatoms. The maximum Gasteiger partial charge on any atom is 0.410 e. The average Bonchev–Trinajstić information content (AvgIpc) is 3.09. The summed E-state index contributed by atoms with van der Waals surface area (Å²) < 4.78 is 17.7. The Morgan fingerprint density at radius 3 is 2.42 bits per heavy atom. The number of hydrogen-bond donors (Lipinski definition) is 1. The summed E-state index contributed by atoms with van der Waals surface area (Å²) in [5, 5.41) is 2.12. The Labute approximate surface area is 286 Å². The standard InChI is InChI=1S/C39H53N3O6/c1-6-7-24-46-39(44)41(22-23-42(29(2)3)30(4)5)27-32(28-47-36-16-12-14-33-13-8-9-15-35(33)36)26-31-18-20-34(21-19-31)38(43)40-48-37-17-10-11-25-45-37/h8-9,12-16,18-21,26,29-30,37H,6-7,10-11,17,22-25,27-28H2,1-5H3,(H,40,43)/b32-26-. The number of hydroxylamine groups is 1. The van der Waals surface area contributed by atoms with Gasteiger partial charge in [0.15, 0.2) is 6.29 Å². The minimum atomic E-state index is -0.418. The van der Waals surface area contributed by atoms with Crippen LogP contribution in [0.25, 0.3) is 16.8 Å². The molecule has 1 saturated heterocycles. The summed E-state index contributed by atoms with van der Waals surface area (Å²) in [5.74, 6) is 0.441. The number of nitrogens with zero attached hydrogens (tertiary/aromatic N) is 2. The second-order valence-corrected chi connectivity index (χ2v) is 12.9. The minimum Gasteiger partial charge on any atom is -0.489 e. The number of hydrogen-bond acceptors (Lipinski definition) is 7.